The number of anilines is 1. The van der Waals surface area contributed by atoms with Crippen LogP contribution in [0.15, 0.2) is 34.7 Å². The Hall–Kier alpha value is -4.19. The van der Waals surface area contributed by atoms with Crippen molar-refractivity contribution in [3.8, 4) is 5.75 Å². The number of amides is 4. The molecule has 2 aliphatic heterocycles. The third-order valence-corrected chi connectivity index (χ3v) is 6.96. The van der Waals surface area contributed by atoms with Crippen molar-refractivity contribution in [2.24, 2.45) is 0 Å². The summed E-state index contributed by atoms with van der Waals surface area (Å²) in [6, 6.07) is 7.47. The van der Waals surface area contributed by atoms with Gasteiger partial charge in [-0.3, -0.25) is 14.9 Å². The summed E-state index contributed by atoms with van der Waals surface area (Å²) in [6.45, 7) is -0.210. The molecule has 1 atom stereocenters. The van der Waals surface area contributed by atoms with E-state index >= 15 is 0 Å². The first-order chi connectivity index (χ1) is 16.3. The lowest BCUT2D eigenvalue weighted by Crippen LogP contribution is -2.52. The van der Waals surface area contributed by atoms with Crippen molar-refractivity contribution in [1.82, 2.24) is 20.5 Å². The number of thiazole rings is 1. The highest BCUT2D eigenvalue weighted by Crippen LogP contribution is 2.37. The van der Waals surface area contributed by atoms with Crippen LogP contribution in [0, 0.1) is 5.82 Å². The fraction of sp³-hybridized carbons (Fsp3) is 0.182. The average molecular weight is 481 g/mol. The Morgan fingerprint density at radius 3 is 2.85 bits per heavy atom. The number of methoxy groups -OCH3 is 1. The molecular formula is C22H16FN5O5S. The summed E-state index contributed by atoms with van der Waals surface area (Å²) in [4.78, 5) is 43.8. The van der Waals surface area contributed by atoms with Gasteiger partial charge in [0.05, 0.1) is 29.4 Å². The van der Waals surface area contributed by atoms with E-state index in [1.807, 2.05) is 6.07 Å². The summed E-state index contributed by atoms with van der Waals surface area (Å²) in [5.41, 5.74) is 5.49. The fourth-order valence-electron chi connectivity index (χ4n) is 4.51. The number of ether oxygens (including phenoxy) is 1. The second kappa shape index (κ2) is 6.90. The molecule has 4 N–H and O–H groups in total. The van der Waals surface area contributed by atoms with Gasteiger partial charge in [0.1, 0.15) is 11.3 Å². The number of imide groups is 1. The first-order valence-electron chi connectivity index (χ1n) is 10.2. The molecule has 1 fully saturated rings. The number of benzene rings is 2. The third kappa shape index (κ3) is 2.78. The van der Waals surface area contributed by atoms with Crippen molar-refractivity contribution in [3.05, 3.63) is 53.0 Å². The van der Waals surface area contributed by atoms with Crippen LogP contribution in [-0.4, -0.2) is 41.4 Å². The number of nitrogens with zero attached hydrogens (tertiary/aromatic N) is 2. The Morgan fingerprint density at radius 1 is 1.29 bits per heavy atom. The Morgan fingerprint density at radius 2 is 2.12 bits per heavy atom. The fourth-order valence-corrected chi connectivity index (χ4v) is 5.27. The highest BCUT2D eigenvalue weighted by atomic mass is 32.1. The molecule has 4 heterocycles. The first kappa shape index (κ1) is 20.4. The van der Waals surface area contributed by atoms with Gasteiger partial charge in [-0.2, -0.15) is 0 Å². The number of hydrogen-bond donors (Lipinski definition) is 3. The molecule has 172 valence electrons. The third-order valence-electron chi connectivity index (χ3n) is 6.11. The standard InChI is InChI=1S/C22H16FN5O5S/c1-32-12-3-2-9-7-28(18(29)16(9)17(12)23)8-22(19(30)26-21(31)27-22)15-5-10-4-14-11(6-13(10)33-15)25-20(24)34-14/h2-6H,7-8H2,1H3,(H2,24,25)(H2,26,27,30,31). The van der Waals surface area contributed by atoms with E-state index < -0.39 is 29.2 Å². The van der Waals surface area contributed by atoms with Crippen molar-refractivity contribution in [2.45, 2.75) is 12.1 Å². The van der Waals surface area contributed by atoms with E-state index in [2.05, 4.69) is 15.6 Å². The lowest BCUT2D eigenvalue weighted by molar-refractivity contribution is -0.125. The van der Waals surface area contributed by atoms with Crippen LogP contribution in [0.1, 0.15) is 21.7 Å². The number of nitrogen functional groups attached to an aromatic ring is 1. The average Bonchev–Trinajstić information content (AvgIpc) is 3.51. The number of nitrogens with one attached hydrogen (secondary N) is 2. The minimum atomic E-state index is -1.70. The van der Waals surface area contributed by atoms with Gasteiger partial charge in [0.2, 0.25) is 0 Å². The quantitative estimate of drug-likeness (QED) is 0.381. The summed E-state index contributed by atoms with van der Waals surface area (Å²) in [7, 11) is 1.31. The van der Waals surface area contributed by atoms with E-state index in [1.54, 1.807) is 18.2 Å². The number of urea groups is 1. The molecule has 4 aromatic rings. The van der Waals surface area contributed by atoms with Crippen LogP contribution < -0.4 is 21.1 Å². The molecule has 1 unspecified atom stereocenters. The highest BCUT2D eigenvalue weighted by Gasteiger charge is 2.53. The van der Waals surface area contributed by atoms with Crippen LogP contribution >= 0.6 is 11.3 Å². The molecule has 2 aliphatic rings. The van der Waals surface area contributed by atoms with Gasteiger partial charge in [-0.25, -0.2) is 14.2 Å². The lowest BCUT2D eigenvalue weighted by atomic mass is 9.95. The molecule has 34 heavy (non-hydrogen) atoms. The molecule has 0 radical (unpaired) electrons. The van der Waals surface area contributed by atoms with E-state index in [0.717, 1.165) is 4.70 Å². The molecule has 0 spiro atoms. The Kier molecular flexibility index (Phi) is 4.15. The van der Waals surface area contributed by atoms with E-state index in [4.69, 9.17) is 14.9 Å². The monoisotopic (exact) mass is 481 g/mol. The van der Waals surface area contributed by atoms with E-state index in [9.17, 15) is 18.8 Å². The minimum absolute atomic E-state index is 0.0536. The van der Waals surface area contributed by atoms with Crippen molar-refractivity contribution in [1.29, 1.82) is 0 Å². The summed E-state index contributed by atoms with van der Waals surface area (Å²) >= 11 is 1.31. The summed E-state index contributed by atoms with van der Waals surface area (Å²) < 4.78 is 26.6. The maximum absolute atomic E-state index is 14.8. The van der Waals surface area contributed by atoms with Gasteiger partial charge in [-0.15, -0.1) is 0 Å². The maximum atomic E-state index is 14.8. The number of furan rings is 1. The van der Waals surface area contributed by atoms with Crippen molar-refractivity contribution in [2.75, 3.05) is 19.4 Å². The zero-order valence-corrected chi connectivity index (χ0v) is 18.4. The molecule has 12 heteroatoms. The predicted molar refractivity (Wildman–Crippen MR) is 120 cm³/mol. The molecule has 10 nitrogen and oxygen atoms in total. The van der Waals surface area contributed by atoms with Crippen LogP contribution in [0.5, 0.6) is 5.75 Å². The van der Waals surface area contributed by atoms with Gasteiger partial charge >= 0.3 is 6.03 Å². The summed E-state index contributed by atoms with van der Waals surface area (Å²) in [5, 5.41) is 5.92. The second-order valence-electron chi connectivity index (χ2n) is 8.11. The molecule has 2 aromatic heterocycles. The smallest absolute Gasteiger partial charge is 0.322 e. The number of halogens is 1. The molecule has 0 bridgehead atoms. The Labute approximate surface area is 194 Å². The molecule has 0 aliphatic carbocycles. The van der Waals surface area contributed by atoms with Crippen molar-refractivity contribution in [3.63, 3.8) is 0 Å². The summed E-state index contributed by atoms with van der Waals surface area (Å²) in [6.07, 6.45) is 0. The maximum Gasteiger partial charge on any atom is 0.322 e. The van der Waals surface area contributed by atoms with Crippen LogP contribution in [0.2, 0.25) is 0 Å². The van der Waals surface area contributed by atoms with Crippen molar-refractivity contribution >= 4 is 55.5 Å². The summed E-state index contributed by atoms with van der Waals surface area (Å²) in [5.74, 6) is -1.98. The Bertz CT molecular complexity index is 1510. The zero-order valence-electron chi connectivity index (χ0n) is 17.6. The van der Waals surface area contributed by atoms with Gasteiger partial charge in [-0.05, 0) is 23.8 Å². The highest BCUT2D eigenvalue weighted by molar-refractivity contribution is 7.22. The van der Waals surface area contributed by atoms with Crippen LogP contribution in [-0.2, 0) is 16.9 Å². The number of carbonyl (C=O) groups is 3. The minimum Gasteiger partial charge on any atom is -0.494 e. The van der Waals surface area contributed by atoms with Crippen LogP contribution in [0.3, 0.4) is 0 Å². The molecule has 2 aromatic carbocycles. The van der Waals surface area contributed by atoms with Gasteiger partial charge < -0.3 is 25.1 Å². The van der Waals surface area contributed by atoms with Gasteiger partial charge in [-0.1, -0.05) is 17.4 Å². The molecule has 6 rings (SSSR count). The first-order valence-corrected chi connectivity index (χ1v) is 11.0. The van der Waals surface area contributed by atoms with Gasteiger partial charge in [0.25, 0.3) is 11.8 Å². The van der Waals surface area contributed by atoms with E-state index in [0.29, 0.717) is 27.2 Å². The Balaban J connectivity index is 1.42. The number of nitrogens with two attached hydrogens (primary N) is 1. The normalized spacial score (nSPS) is 19.7. The molecular weight excluding hydrogens is 465 g/mol. The number of hydrogen-bond acceptors (Lipinski definition) is 8. The number of carbonyl (C=O) groups excluding carboxylic acids is 3. The molecule has 0 saturated carbocycles. The zero-order chi connectivity index (χ0) is 23.8. The number of aromatic nitrogens is 1. The van der Waals surface area contributed by atoms with Crippen molar-refractivity contribution < 1.29 is 27.9 Å². The molecule has 1 saturated heterocycles. The number of rotatable bonds is 4. The van der Waals surface area contributed by atoms with Gasteiger partial charge in [0.15, 0.2) is 22.2 Å². The lowest BCUT2D eigenvalue weighted by Gasteiger charge is -2.29. The largest absolute Gasteiger partial charge is 0.494 e. The number of fused-ring (bicyclic) bond motifs is 3. The van der Waals surface area contributed by atoms with E-state index in [1.165, 1.54) is 29.4 Å². The topological polar surface area (TPSA) is 140 Å². The SMILES string of the molecule is COc1ccc2c(c1F)C(=O)N(CC1(c3cc4cc5sc(N)nc5cc4o3)NC(=O)NC1=O)C2. The van der Waals surface area contributed by atoms with Crippen LogP contribution in [0.25, 0.3) is 21.2 Å². The van der Waals surface area contributed by atoms with Gasteiger partial charge in [0, 0.05) is 18.0 Å². The molecule has 4 amide bonds. The second-order valence-corrected chi connectivity index (χ2v) is 9.17. The predicted octanol–water partition coefficient (Wildman–Crippen LogP) is 2.46. The van der Waals surface area contributed by atoms with E-state index in [-0.39, 0.29) is 30.2 Å². The van der Waals surface area contributed by atoms with Crippen LogP contribution in [0.4, 0.5) is 14.3 Å².